The summed E-state index contributed by atoms with van der Waals surface area (Å²) in [7, 11) is 0. The SMILES string of the molecule is NC(CO)c1ncc(Br)cc1Br. The Morgan fingerprint density at radius 1 is 1.58 bits per heavy atom. The summed E-state index contributed by atoms with van der Waals surface area (Å²) in [6, 6.07) is 1.42. The number of hydrogen-bond donors (Lipinski definition) is 2. The predicted octanol–water partition coefficient (Wildman–Crippen LogP) is 1.60. The minimum atomic E-state index is -0.424. The Bertz CT molecular complexity index is 280. The van der Waals surface area contributed by atoms with Crippen LogP contribution in [-0.2, 0) is 0 Å². The molecule has 3 N–H and O–H groups in total. The maximum atomic E-state index is 8.78. The number of nitrogens with zero attached hydrogens (tertiary/aromatic N) is 1. The Balaban J connectivity index is 3.01. The molecule has 1 aromatic rings. The van der Waals surface area contributed by atoms with Crippen molar-refractivity contribution in [1.82, 2.24) is 4.98 Å². The number of halogens is 2. The molecule has 0 aromatic carbocycles. The van der Waals surface area contributed by atoms with Crippen molar-refractivity contribution in [2.45, 2.75) is 6.04 Å². The first-order valence-corrected chi connectivity index (χ1v) is 4.91. The van der Waals surface area contributed by atoms with Crippen LogP contribution in [0.3, 0.4) is 0 Å². The van der Waals surface area contributed by atoms with Gasteiger partial charge in [0.25, 0.3) is 0 Å². The van der Waals surface area contributed by atoms with Crippen LogP contribution in [0.4, 0.5) is 0 Å². The maximum absolute atomic E-state index is 8.78. The zero-order chi connectivity index (χ0) is 9.14. The third-order valence-electron chi connectivity index (χ3n) is 1.38. The molecule has 0 fully saturated rings. The summed E-state index contributed by atoms with van der Waals surface area (Å²) in [5.41, 5.74) is 6.25. The normalized spacial score (nSPS) is 13.0. The molecule has 0 saturated carbocycles. The lowest BCUT2D eigenvalue weighted by Crippen LogP contribution is -2.16. The monoisotopic (exact) mass is 294 g/mol. The topological polar surface area (TPSA) is 59.1 Å². The van der Waals surface area contributed by atoms with Gasteiger partial charge in [-0.3, -0.25) is 4.98 Å². The lowest BCUT2D eigenvalue weighted by atomic mass is 10.2. The van der Waals surface area contributed by atoms with Crippen LogP contribution in [0.15, 0.2) is 21.2 Å². The van der Waals surface area contributed by atoms with Crippen molar-refractivity contribution >= 4 is 31.9 Å². The van der Waals surface area contributed by atoms with Crippen LogP contribution in [0, 0.1) is 0 Å². The van der Waals surface area contributed by atoms with Gasteiger partial charge in [-0.05, 0) is 37.9 Å². The average molecular weight is 296 g/mol. The Morgan fingerprint density at radius 2 is 2.25 bits per heavy atom. The average Bonchev–Trinajstić information content (AvgIpc) is 2.03. The molecular weight excluding hydrogens is 288 g/mol. The van der Waals surface area contributed by atoms with E-state index in [0.717, 1.165) is 8.95 Å². The Kier molecular flexibility index (Phi) is 3.64. The first-order chi connectivity index (χ1) is 5.65. The van der Waals surface area contributed by atoms with E-state index in [1.54, 1.807) is 6.20 Å². The van der Waals surface area contributed by atoms with Crippen molar-refractivity contribution in [3.63, 3.8) is 0 Å². The molecule has 1 unspecified atom stereocenters. The van der Waals surface area contributed by atoms with E-state index in [0.29, 0.717) is 5.69 Å². The fraction of sp³-hybridized carbons (Fsp3) is 0.286. The molecule has 12 heavy (non-hydrogen) atoms. The van der Waals surface area contributed by atoms with Gasteiger partial charge in [-0.2, -0.15) is 0 Å². The highest BCUT2D eigenvalue weighted by atomic mass is 79.9. The summed E-state index contributed by atoms with van der Waals surface area (Å²) in [6.45, 7) is -0.104. The molecule has 1 heterocycles. The fourth-order valence-corrected chi connectivity index (χ4v) is 2.07. The number of aliphatic hydroxyl groups excluding tert-OH is 1. The van der Waals surface area contributed by atoms with Gasteiger partial charge >= 0.3 is 0 Å². The van der Waals surface area contributed by atoms with Gasteiger partial charge in [0, 0.05) is 15.1 Å². The largest absolute Gasteiger partial charge is 0.394 e. The molecule has 1 rings (SSSR count). The van der Waals surface area contributed by atoms with Crippen LogP contribution in [0.2, 0.25) is 0 Å². The number of pyridine rings is 1. The predicted molar refractivity (Wildman–Crippen MR) is 53.7 cm³/mol. The lowest BCUT2D eigenvalue weighted by Gasteiger charge is -2.09. The van der Waals surface area contributed by atoms with E-state index in [9.17, 15) is 0 Å². The van der Waals surface area contributed by atoms with E-state index in [1.165, 1.54) is 0 Å². The van der Waals surface area contributed by atoms with Crippen molar-refractivity contribution in [2.24, 2.45) is 5.73 Å². The third kappa shape index (κ3) is 2.26. The molecule has 0 radical (unpaired) electrons. The molecule has 0 bridgehead atoms. The van der Waals surface area contributed by atoms with Gasteiger partial charge in [0.15, 0.2) is 0 Å². The molecule has 3 nitrogen and oxygen atoms in total. The van der Waals surface area contributed by atoms with E-state index in [1.807, 2.05) is 6.07 Å². The molecule has 0 spiro atoms. The second-order valence-electron chi connectivity index (χ2n) is 2.31. The molecule has 5 heteroatoms. The highest BCUT2D eigenvalue weighted by Crippen LogP contribution is 2.22. The summed E-state index contributed by atoms with van der Waals surface area (Å²) in [6.07, 6.45) is 1.65. The standard InChI is InChI=1S/C7H8Br2N2O/c8-4-1-5(9)7(11-2-4)6(10)3-12/h1-2,6,12H,3,10H2. The van der Waals surface area contributed by atoms with Gasteiger partial charge < -0.3 is 10.8 Å². The number of nitrogens with two attached hydrogens (primary N) is 1. The van der Waals surface area contributed by atoms with E-state index >= 15 is 0 Å². The zero-order valence-electron chi connectivity index (χ0n) is 6.17. The third-order valence-corrected chi connectivity index (χ3v) is 2.45. The van der Waals surface area contributed by atoms with Crippen LogP contribution >= 0.6 is 31.9 Å². The first kappa shape index (κ1) is 10.1. The van der Waals surface area contributed by atoms with Crippen molar-refractivity contribution in [1.29, 1.82) is 0 Å². The molecular formula is C7H8Br2N2O. The highest BCUT2D eigenvalue weighted by Gasteiger charge is 2.09. The van der Waals surface area contributed by atoms with Crippen LogP contribution in [-0.4, -0.2) is 16.7 Å². The second kappa shape index (κ2) is 4.32. The maximum Gasteiger partial charge on any atom is 0.0737 e. The van der Waals surface area contributed by atoms with Crippen molar-refractivity contribution in [3.05, 3.63) is 26.9 Å². The number of rotatable bonds is 2. The molecule has 0 aliphatic heterocycles. The van der Waals surface area contributed by atoms with Gasteiger partial charge in [0.1, 0.15) is 0 Å². The van der Waals surface area contributed by atoms with Crippen LogP contribution in [0.25, 0.3) is 0 Å². The molecule has 0 amide bonds. The van der Waals surface area contributed by atoms with E-state index in [2.05, 4.69) is 36.8 Å². The summed E-state index contributed by atoms with van der Waals surface area (Å²) < 4.78 is 1.68. The van der Waals surface area contributed by atoms with Crippen LogP contribution < -0.4 is 5.73 Å². The lowest BCUT2D eigenvalue weighted by molar-refractivity contribution is 0.265. The smallest absolute Gasteiger partial charge is 0.0737 e. The summed E-state index contributed by atoms with van der Waals surface area (Å²) in [5, 5.41) is 8.78. The Hall–Kier alpha value is 0.0300. The highest BCUT2D eigenvalue weighted by molar-refractivity contribution is 9.11. The molecule has 1 atom stereocenters. The summed E-state index contributed by atoms with van der Waals surface area (Å²) in [5.74, 6) is 0. The van der Waals surface area contributed by atoms with Gasteiger partial charge in [0.2, 0.25) is 0 Å². The van der Waals surface area contributed by atoms with Gasteiger partial charge in [-0.25, -0.2) is 0 Å². The van der Waals surface area contributed by atoms with Gasteiger partial charge in [-0.15, -0.1) is 0 Å². The Labute approximate surface area is 87.3 Å². The number of aliphatic hydroxyl groups is 1. The van der Waals surface area contributed by atoms with E-state index in [-0.39, 0.29) is 6.61 Å². The van der Waals surface area contributed by atoms with Crippen molar-refractivity contribution < 1.29 is 5.11 Å². The molecule has 66 valence electrons. The molecule has 0 saturated heterocycles. The fourth-order valence-electron chi connectivity index (χ4n) is 0.784. The first-order valence-electron chi connectivity index (χ1n) is 3.32. The Morgan fingerprint density at radius 3 is 2.75 bits per heavy atom. The summed E-state index contributed by atoms with van der Waals surface area (Å²) >= 11 is 6.58. The number of hydrogen-bond acceptors (Lipinski definition) is 3. The quantitative estimate of drug-likeness (QED) is 0.871. The van der Waals surface area contributed by atoms with Gasteiger partial charge in [-0.1, -0.05) is 0 Å². The van der Waals surface area contributed by atoms with Crippen LogP contribution in [0.1, 0.15) is 11.7 Å². The molecule has 0 aliphatic rings. The van der Waals surface area contributed by atoms with Crippen molar-refractivity contribution in [2.75, 3.05) is 6.61 Å². The zero-order valence-corrected chi connectivity index (χ0v) is 9.34. The molecule has 1 aromatic heterocycles. The van der Waals surface area contributed by atoms with E-state index in [4.69, 9.17) is 10.8 Å². The number of aromatic nitrogens is 1. The molecule has 0 aliphatic carbocycles. The summed E-state index contributed by atoms with van der Waals surface area (Å²) in [4.78, 5) is 4.07. The second-order valence-corrected chi connectivity index (χ2v) is 4.08. The minimum absolute atomic E-state index is 0.104. The van der Waals surface area contributed by atoms with Crippen LogP contribution in [0.5, 0.6) is 0 Å². The van der Waals surface area contributed by atoms with Crippen molar-refractivity contribution in [3.8, 4) is 0 Å². The van der Waals surface area contributed by atoms with E-state index < -0.39 is 6.04 Å². The van der Waals surface area contributed by atoms with Gasteiger partial charge in [0.05, 0.1) is 18.3 Å². The minimum Gasteiger partial charge on any atom is -0.394 e.